The minimum absolute atomic E-state index is 0.0240. The maximum Gasteiger partial charge on any atom is 0.325 e. The molecule has 0 atom stereocenters. The Labute approximate surface area is 184 Å². The second-order valence-electron chi connectivity index (χ2n) is 7.05. The molecule has 0 spiro atoms. The van der Waals surface area contributed by atoms with E-state index in [9.17, 15) is 27.2 Å². The average molecular weight is 463 g/mol. The van der Waals surface area contributed by atoms with E-state index in [1.54, 1.807) is 0 Å². The Hall–Kier alpha value is -3.31. The quantitative estimate of drug-likeness (QED) is 0.604. The zero-order valence-corrected chi connectivity index (χ0v) is 18.1. The first-order chi connectivity index (χ1) is 15.2. The van der Waals surface area contributed by atoms with Crippen LogP contribution in [-0.2, 0) is 19.6 Å². The summed E-state index contributed by atoms with van der Waals surface area (Å²) in [6.07, 6.45) is 1.41. The lowest BCUT2D eigenvalue weighted by atomic mass is 10.1. The third-order valence-electron chi connectivity index (χ3n) is 4.90. The molecule has 0 aliphatic carbocycles. The van der Waals surface area contributed by atoms with Gasteiger partial charge in [-0.05, 0) is 55.3 Å². The lowest BCUT2D eigenvalue weighted by Crippen LogP contribution is -2.30. The standard InChI is InChI=1S/C21H22FN3O6S/c1-31-19(26)13-23-20(27)14-4-7-16(8-5-14)24-21(28)15-6-9-17(22)18(12-15)32(29,30)25-10-2-3-11-25/h4-9,12H,2-3,10-11,13H2,1H3,(H,23,27)(H,24,28). The van der Waals surface area contributed by atoms with Crippen LogP contribution in [0.25, 0.3) is 0 Å². The molecule has 0 aromatic heterocycles. The third-order valence-corrected chi connectivity index (χ3v) is 6.82. The van der Waals surface area contributed by atoms with Gasteiger partial charge < -0.3 is 15.4 Å². The highest BCUT2D eigenvalue weighted by Gasteiger charge is 2.30. The molecule has 2 aromatic carbocycles. The molecule has 0 radical (unpaired) electrons. The zero-order valence-electron chi connectivity index (χ0n) is 17.3. The number of amides is 2. The molecule has 170 valence electrons. The Balaban J connectivity index is 1.71. The number of hydrogen-bond acceptors (Lipinski definition) is 6. The number of benzene rings is 2. The molecule has 1 fully saturated rings. The van der Waals surface area contributed by atoms with Crippen LogP contribution in [0.5, 0.6) is 0 Å². The molecule has 0 bridgehead atoms. The molecule has 3 rings (SSSR count). The fraction of sp³-hybridized carbons (Fsp3) is 0.286. The first-order valence-corrected chi connectivity index (χ1v) is 11.2. The molecule has 9 nitrogen and oxygen atoms in total. The van der Waals surface area contributed by atoms with Crippen molar-refractivity contribution in [3.8, 4) is 0 Å². The first kappa shape index (κ1) is 23.4. The highest BCUT2D eigenvalue weighted by atomic mass is 32.2. The fourth-order valence-corrected chi connectivity index (χ4v) is 4.75. The van der Waals surface area contributed by atoms with Crippen LogP contribution in [0.3, 0.4) is 0 Å². The van der Waals surface area contributed by atoms with Gasteiger partial charge in [0.15, 0.2) is 0 Å². The molecule has 2 aromatic rings. The van der Waals surface area contributed by atoms with Gasteiger partial charge in [0.1, 0.15) is 17.3 Å². The number of carbonyl (C=O) groups is 3. The summed E-state index contributed by atoms with van der Waals surface area (Å²) in [6.45, 7) is 0.358. The Kier molecular flexibility index (Phi) is 7.21. The lowest BCUT2D eigenvalue weighted by Gasteiger charge is -2.16. The third kappa shape index (κ3) is 5.29. The number of anilines is 1. The molecular formula is C21H22FN3O6S. The van der Waals surface area contributed by atoms with Crippen molar-refractivity contribution < 1.29 is 31.9 Å². The molecule has 1 saturated heterocycles. The maximum absolute atomic E-state index is 14.3. The van der Waals surface area contributed by atoms with Gasteiger partial charge in [0, 0.05) is 29.9 Å². The largest absolute Gasteiger partial charge is 0.468 e. The number of nitrogens with zero attached hydrogens (tertiary/aromatic N) is 1. The predicted octanol–water partition coefficient (Wildman–Crippen LogP) is 1.77. The van der Waals surface area contributed by atoms with Crippen molar-refractivity contribution in [1.29, 1.82) is 0 Å². The van der Waals surface area contributed by atoms with Crippen LogP contribution in [-0.4, -0.2) is 57.3 Å². The fourth-order valence-electron chi connectivity index (χ4n) is 3.14. The molecule has 11 heteroatoms. The minimum atomic E-state index is -4.03. The van der Waals surface area contributed by atoms with Crippen LogP contribution in [0.4, 0.5) is 10.1 Å². The van der Waals surface area contributed by atoms with Gasteiger partial charge in [-0.25, -0.2) is 12.8 Å². The SMILES string of the molecule is COC(=O)CNC(=O)c1ccc(NC(=O)c2ccc(F)c(S(=O)(=O)N3CCCC3)c2)cc1. The van der Waals surface area contributed by atoms with Crippen LogP contribution in [0, 0.1) is 5.82 Å². The zero-order chi connectivity index (χ0) is 23.3. The Bertz CT molecular complexity index is 1130. The second kappa shape index (κ2) is 9.88. The topological polar surface area (TPSA) is 122 Å². The van der Waals surface area contributed by atoms with Gasteiger partial charge in [0.05, 0.1) is 7.11 Å². The number of halogens is 1. The summed E-state index contributed by atoms with van der Waals surface area (Å²) >= 11 is 0. The molecule has 1 aliphatic rings. The van der Waals surface area contributed by atoms with Gasteiger partial charge in [-0.1, -0.05) is 0 Å². The summed E-state index contributed by atoms with van der Waals surface area (Å²) in [6, 6.07) is 8.99. The Morgan fingerprint density at radius 1 is 1.00 bits per heavy atom. The summed E-state index contributed by atoms with van der Waals surface area (Å²) < 4.78 is 45.3. The predicted molar refractivity (Wildman–Crippen MR) is 113 cm³/mol. The van der Waals surface area contributed by atoms with Crippen molar-refractivity contribution in [3.05, 3.63) is 59.4 Å². The monoisotopic (exact) mass is 463 g/mol. The van der Waals surface area contributed by atoms with E-state index in [4.69, 9.17) is 0 Å². The number of ether oxygens (including phenoxy) is 1. The van der Waals surface area contributed by atoms with Gasteiger partial charge in [0.2, 0.25) is 10.0 Å². The number of nitrogens with one attached hydrogen (secondary N) is 2. The Morgan fingerprint density at radius 3 is 2.25 bits per heavy atom. The van der Waals surface area contributed by atoms with Crippen molar-refractivity contribution in [3.63, 3.8) is 0 Å². The van der Waals surface area contributed by atoms with Crippen molar-refractivity contribution in [1.82, 2.24) is 9.62 Å². The normalized spacial score (nSPS) is 14.1. The van der Waals surface area contributed by atoms with Gasteiger partial charge in [-0.3, -0.25) is 14.4 Å². The van der Waals surface area contributed by atoms with Crippen LogP contribution < -0.4 is 10.6 Å². The number of hydrogen-bond donors (Lipinski definition) is 2. The van der Waals surface area contributed by atoms with Gasteiger partial charge in [-0.2, -0.15) is 4.31 Å². The van der Waals surface area contributed by atoms with Crippen molar-refractivity contribution in [2.45, 2.75) is 17.7 Å². The summed E-state index contributed by atoms with van der Waals surface area (Å²) in [5.41, 5.74) is 0.574. The molecule has 0 saturated carbocycles. The number of carbonyl (C=O) groups excluding carboxylic acids is 3. The number of esters is 1. The molecule has 2 amide bonds. The summed E-state index contributed by atoms with van der Waals surface area (Å²) in [7, 11) is -2.82. The first-order valence-electron chi connectivity index (χ1n) is 9.78. The van der Waals surface area contributed by atoms with Crippen molar-refractivity contribution in [2.75, 3.05) is 32.1 Å². The van der Waals surface area contributed by atoms with Crippen LogP contribution in [0.2, 0.25) is 0 Å². The smallest absolute Gasteiger partial charge is 0.325 e. The van der Waals surface area contributed by atoms with E-state index < -0.39 is 38.5 Å². The highest BCUT2D eigenvalue weighted by molar-refractivity contribution is 7.89. The van der Waals surface area contributed by atoms with E-state index in [1.165, 1.54) is 41.7 Å². The Morgan fingerprint density at radius 2 is 1.62 bits per heavy atom. The summed E-state index contributed by atoms with van der Waals surface area (Å²) in [4.78, 5) is 35.1. The van der Waals surface area contributed by atoms with Crippen molar-refractivity contribution >= 4 is 33.5 Å². The van der Waals surface area contributed by atoms with E-state index >= 15 is 0 Å². The van der Waals surface area contributed by atoms with E-state index in [2.05, 4.69) is 15.4 Å². The number of sulfonamides is 1. The molecule has 1 aliphatic heterocycles. The van der Waals surface area contributed by atoms with E-state index in [0.29, 0.717) is 31.6 Å². The van der Waals surface area contributed by atoms with Gasteiger partial charge in [0.25, 0.3) is 11.8 Å². The highest BCUT2D eigenvalue weighted by Crippen LogP contribution is 2.24. The average Bonchev–Trinajstić information content (AvgIpc) is 3.33. The van der Waals surface area contributed by atoms with Crippen molar-refractivity contribution in [2.24, 2.45) is 0 Å². The lowest BCUT2D eigenvalue weighted by molar-refractivity contribution is -0.139. The molecule has 1 heterocycles. The van der Waals surface area contributed by atoms with E-state index in [-0.39, 0.29) is 17.7 Å². The summed E-state index contributed by atoms with van der Waals surface area (Å²) in [5.74, 6) is -2.64. The number of methoxy groups -OCH3 is 1. The van der Waals surface area contributed by atoms with Crippen LogP contribution in [0.1, 0.15) is 33.6 Å². The minimum Gasteiger partial charge on any atom is -0.468 e. The van der Waals surface area contributed by atoms with E-state index in [0.717, 1.165) is 12.1 Å². The molecule has 0 unspecified atom stereocenters. The van der Waals surface area contributed by atoms with Crippen LogP contribution >= 0.6 is 0 Å². The molecule has 2 N–H and O–H groups in total. The number of rotatable bonds is 7. The van der Waals surface area contributed by atoms with E-state index in [1.807, 2.05) is 0 Å². The maximum atomic E-state index is 14.3. The molecule has 32 heavy (non-hydrogen) atoms. The van der Waals surface area contributed by atoms with Gasteiger partial charge >= 0.3 is 5.97 Å². The van der Waals surface area contributed by atoms with Gasteiger partial charge in [-0.15, -0.1) is 0 Å². The van der Waals surface area contributed by atoms with Crippen LogP contribution in [0.15, 0.2) is 47.4 Å². The second-order valence-corrected chi connectivity index (χ2v) is 8.95. The molecular weight excluding hydrogens is 441 g/mol. The summed E-state index contributed by atoms with van der Waals surface area (Å²) in [5, 5.41) is 4.96.